The van der Waals surface area contributed by atoms with Gasteiger partial charge in [-0.05, 0) is 31.0 Å². The third kappa shape index (κ3) is 5.66. The molecule has 1 aromatic rings. The number of hydrogen-bond acceptors (Lipinski definition) is 3. The summed E-state index contributed by atoms with van der Waals surface area (Å²) in [6, 6.07) is 7.22. The van der Waals surface area contributed by atoms with Crippen molar-refractivity contribution in [3.63, 3.8) is 0 Å². The SMILES string of the molecule is Cl.NCCC(=O)Nc1cccc(NC(=O)C2CCCCC2)c1. The van der Waals surface area contributed by atoms with E-state index >= 15 is 0 Å². The monoisotopic (exact) mass is 325 g/mol. The molecule has 4 N–H and O–H groups in total. The van der Waals surface area contributed by atoms with Gasteiger partial charge < -0.3 is 16.4 Å². The predicted octanol–water partition coefficient (Wildman–Crippen LogP) is 2.91. The number of amides is 2. The van der Waals surface area contributed by atoms with Crippen molar-refractivity contribution in [3.8, 4) is 0 Å². The van der Waals surface area contributed by atoms with Crippen LogP contribution in [0.4, 0.5) is 11.4 Å². The number of hydrogen-bond donors (Lipinski definition) is 3. The number of carbonyl (C=O) groups excluding carboxylic acids is 2. The van der Waals surface area contributed by atoms with Crippen LogP contribution in [0.25, 0.3) is 0 Å². The van der Waals surface area contributed by atoms with Crippen molar-refractivity contribution in [2.75, 3.05) is 17.2 Å². The second-order valence-electron chi connectivity index (χ2n) is 5.49. The number of carbonyl (C=O) groups is 2. The largest absolute Gasteiger partial charge is 0.330 e. The van der Waals surface area contributed by atoms with E-state index in [4.69, 9.17) is 5.73 Å². The van der Waals surface area contributed by atoms with Gasteiger partial charge in [0.1, 0.15) is 0 Å². The van der Waals surface area contributed by atoms with Gasteiger partial charge in [0.2, 0.25) is 11.8 Å². The van der Waals surface area contributed by atoms with E-state index in [2.05, 4.69) is 10.6 Å². The Morgan fingerprint density at radius 3 is 2.36 bits per heavy atom. The number of halogens is 1. The third-order valence-electron chi connectivity index (χ3n) is 3.76. The quantitative estimate of drug-likeness (QED) is 0.778. The molecule has 1 saturated carbocycles. The van der Waals surface area contributed by atoms with E-state index < -0.39 is 0 Å². The lowest BCUT2D eigenvalue weighted by molar-refractivity contribution is -0.120. The molecular formula is C16H24ClN3O2. The molecule has 5 nitrogen and oxygen atoms in total. The van der Waals surface area contributed by atoms with Gasteiger partial charge in [-0.3, -0.25) is 9.59 Å². The Morgan fingerprint density at radius 1 is 1.09 bits per heavy atom. The van der Waals surface area contributed by atoms with Crippen LogP contribution in [0.3, 0.4) is 0 Å². The zero-order valence-corrected chi connectivity index (χ0v) is 13.5. The minimum absolute atomic E-state index is 0. The molecule has 0 radical (unpaired) electrons. The zero-order chi connectivity index (χ0) is 15.1. The van der Waals surface area contributed by atoms with E-state index in [-0.39, 0.29) is 30.1 Å². The summed E-state index contributed by atoms with van der Waals surface area (Å²) in [5.41, 5.74) is 6.74. The maximum absolute atomic E-state index is 12.2. The number of benzene rings is 1. The maximum Gasteiger partial charge on any atom is 0.227 e. The first kappa shape index (κ1) is 18.5. The highest BCUT2D eigenvalue weighted by Gasteiger charge is 2.21. The van der Waals surface area contributed by atoms with Crippen LogP contribution in [-0.4, -0.2) is 18.4 Å². The second kappa shape index (κ2) is 9.43. The fourth-order valence-electron chi connectivity index (χ4n) is 2.64. The van der Waals surface area contributed by atoms with Crippen molar-refractivity contribution < 1.29 is 9.59 Å². The highest BCUT2D eigenvalue weighted by atomic mass is 35.5. The van der Waals surface area contributed by atoms with Crippen molar-refractivity contribution >= 4 is 35.6 Å². The number of nitrogens with one attached hydrogen (secondary N) is 2. The molecule has 2 rings (SSSR count). The van der Waals surface area contributed by atoms with Gasteiger partial charge in [-0.15, -0.1) is 12.4 Å². The van der Waals surface area contributed by atoms with Crippen LogP contribution in [0.5, 0.6) is 0 Å². The third-order valence-corrected chi connectivity index (χ3v) is 3.76. The summed E-state index contributed by atoms with van der Waals surface area (Å²) < 4.78 is 0. The summed E-state index contributed by atoms with van der Waals surface area (Å²) in [5.74, 6) is 0.0858. The van der Waals surface area contributed by atoms with E-state index in [0.717, 1.165) is 31.4 Å². The summed E-state index contributed by atoms with van der Waals surface area (Å²) in [4.78, 5) is 23.7. The fourth-order valence-corrected chi connectivity index (χ4v) is 2.64. The molecule has 0 atom stereocenters. The fraction of sp³-hybridized carbons (Fsp3) is 0.500. The van der Waals surface area contributed by atoms with E-state index in [1.165, 1.54) is 6.42 Å². The first-order valence-corrected chi connectivity index (χ1v) is 7.60. The first-order valence-electron chi connectivity index (χ1n) is 7.60. The first-order chi connectivity index (χ1) is 10.2. The van der Waals surface area contributed by atoms with E-state index in [1.54, 1.807) is 12.1 Å². The molecule has 0 aliphatic heterocycles. The van der Waals surface area contributed by atoms with Crippen LogP contribution in [0.15, 0.2) is 24.3 Å². The molecule has 0 heterocycles. The lowest BCUT2D eigenvalue weighted by atomic mass is 9.88. The number of rotatable bonds is 5. The van der Waals surface area contributed by atoms with Gasteiger partial charge >= 0.3 is 0 Å². The summed E-state index contributed by atoms with van der Waals surface area (Å²) in [7, 11) is 0. The minimum Gasteiger partial charge on any atom is -0.330 e. The molecule has 0 saturated heterocycles. The van der Waals surface area contributed by atoms with E-state index in [9.17, 15) is 9.59 Å². The van der Waals surface area contributed by atoms with Gasteiger partial charge in [0.25, 0.3) is 0 Å². The second-order valence-corrected chi connectivity index (χ2v) is 5.49. The van der Waals surface area contributed by atoms with E-state index in [1.807, 2.05) is 12.1 Å². The predicted molar refractivity (Wildman–Crippen MR) is 91.2 cm³/mol. The molecule has 0 spiro atoms. The van der Waals surface area contributed by atoms with Crippen LogP contribution in [0, 0.1) is 5.92 Å². The number of nitrogens with two attached hydrogens (primary N) is 1. The van der Waals surface area contributed by atoms with Gasteiger partial charge in [0.05, 0.1) is 0 Å². The average Bonchev–Trinajstić information content (AvgIpc) is 2.48. The summed E-state index contributed by atoms with van der Waals surface area (Å²) >= 11 is 0. The van der Waals surface area contributed by atoms with Crippen molar-refractivity contribution in [1.29, 1.82) is 0 Å². The van der Waals surface area contributed by atoms with Crippen LogP contribution >= 0.6 is 12.4 Å². The molecule has 0 unspecified atom stereocenters. The average molecular weight is 326 g/mol. The molecule has 122 valence electrons. The molecule has 22 heavy (non-hydrogen) atoms. The Labute approximate surface area is 137 Å². The van der Waals surface area contributed by atoms with Crippen LogP contribution in [0.1, 0.15) is 38.5 Å². The topological polar surface area (TPSA) is 84.2 Å². The number of anilines is 2. The van der Waals surface area contributed by atoms with Gasteiger partial charge in [-0.25, -0.2) is 0 Å². The summed E-state index contributed by atoms with van der Waals surface area (Å²) in [5, 5.41) is 5.71. The highest BCUT2D eigenvalue weighted by Crippen LogP contribution is 2.25. The van der Waals surface area contributed by atoms with Crippen molar-refractivity contribution in [2.24, 2.45) is 11.7 Å². The van der Waals surface area contributed by atoms with Crippen LogP contribution in [-0.2, 0) is 9.59 Å². The Kier molecular flexibility index (Phi) is 7.91. The van der Waals surface area contributed by atoms with Crippen LogP contribution < -0.4 is 16.4 Å². The Morgan fingerprint density at radius 2 is 1.73 bits per heavy atom. The zero-order valence-electron chi connectivity index (χ0n) is 12.6. The molecule has 1 aliphatic carbocycles. The van der Waals surface area contributed by atoms with E-state index in [0.29, 0.717) is 18.7 Å². The lowest BCUT2D eigenvalue weighted by Crippen LogP contribution is -2.24. The molecule has 2 amide bonds. The Balaban J connectivity index is 0.00000242. The highest BCUT2D eigenvalue weighted by molar-refractivity contribution is 5.95. The Bertz CT molecular complexity index is 502. The van der Waals surface area contributed by atoms with Gasteiger partial charge in [0, 0.05) is 30.3 Å². The van der Waals surface area contributed by atoms with Crippen molar-refractivity contribution in [3.05, 3.63) is 24.3 Å². The molecule has 0 bridgehead atoms. The Hall–Kier alpha value is -1.59. The lowest BCUT2D eigenvalue weighted by Gasteiger charge is -2.20. The van der Waals surface area contributed by atoms with Crippen molar-refractivity contribution in [1.82, 2.24) is 0 Å². The maximum atomic E-state index is 12.2. The normalized spacial score (nSPS) is 14.8. The molecular weight excluding hydrogens is 302 g/mol. The smallest absolute Gasteiger partial charge is 0.227 e. The summed E-state index contributed by atoms with van der Waals surface area (Å²) in [6.07, 6.45) is 5.73. The molecule has 1 aliphatic rings. The molecule has 6 heteroatoms. The van der Waals surface area contributed by atoms with Gasteiger partial charge in [-0.1, -0.05) is 25.3 Å². The standard InChI is InChI=1S/C16H23N3O2.ClH/c17-10-9-15(20)18-13-7-4-8-14(11-13)19-16(21)12-5-2-1-3-6-12;/h4,7-8,11-12H,1-3,5-6,9-10,17H2,(H,18,20)(H,19,21);1H. The molecule has 1 fully saturated rings. The molecule has 1 aromatic carbocycles. The van der Waals surface area contributed by atoms with Crippen molar-refractivity contribution in [2.45, 2.75) is 38.5 Å². The van der Waals surface area contributed by atoms with Gasteiger partial charge in [-0.2, -0.15) is 0 Å². The molecule has 0 aromatic heterocycles. The van der Waals surface area contributed by atoms with Gasteiger partial charge in [0.15, 0.2) is 0 Å². The van der Waals surface area contributed by atoms with Crippen LogP contribution in [0.2, 0.25) is 0 Å². The minimum atomic E-state index is -0.117. The summed E-state index contributed by atoms with van der Waals surface area (Å²) in [6.45, 7) is 0.323.